The van der Waals surface area contributed by atoms with Crippen LogP contribution < -0.4 is 4.90 Å². The van der Waals surface area contributed by atoms with Gasteiger partial charge in [0.2, 0.25) is 0 Å². The maximum absolute atomic E-state index is 12.8. The lowest BCUT2D eigenvalue weighted by Crippen LogP contribution is -2.29. The molecule has 2 aromatic carbocycles. The van der Waals surface area contributed by atoms with Gasteiger partial charge in [-0.2, -0.15) is 0 Å². The summed E-state index contributed by atoms with van der Waals surface area (Å²) in [7, 11) is 0. The number of anilines is 1. The average Bonchev–Trinajstić information content (AvgIpc) is 3.20. The molecule has 4 rings (SSSR count). The minimum absolute atomic E-state index is 0.0550. The number of aromatic nitrogens is 1. The largest absolute Gasteiger partial charge is 0.283 e. The molecule has 3 aromatic rings. The molecule has 28 heavy (non-hydrogen) atoms. The van der Waals surface area contributed by atoms with E-state index in [0.29, 0.717) is 5.69 Å². The molecular weight excluding hydrogens is 398 g/mol. The molecule has 0 aliphatic carbocycles. The SMILES string of the molecule is CCCCSc1nc2ccc(N3C(=O)c4cccc([N+](=O)[O-])c4C3=O)cc2s1. The molecule has 0 bridgehead atoms. The predicted molar refractivity (Wildman–Crippen MR) is 109 cm³/mol. The standard InChI is InChI=1S/C19H15N3O4S2/c1-2-3-9-27-19-20-13-8-7-11(10-15(13)28-19)21-17(23)12-5-4-6-14(22(25)26)16(12)18(21)24/h4-8,10H,2-3,9H2,1H3. The molecule has 2 amide bonds. The van der Waals surface area contributed by atoms with Crippen molar-refractivity contribution in [1.29, 1.82) is 0 Å². The summed E-state index contributed by atoms with van der Waals surface area (Å²) in [6, 6.07) is 9.25. The summed E-state index contributed by atoms with van der Waals surface area (Å²) in [5.41, 5.74) is 0.737. The Morgan fingerprint density at radius 1 is 1.21 bits per heavy atom. The van der Waals surface area contributed by atoms with E-state index >= 15 is 0 Å². The number of amides is 2. The van der Waals surface area contributed by atoms with Crippen molar-refractivity contribution in [3.05, 3.63) is 57.6 Å². The number of carbonyl (C=O) groups is 2. The van der Waals surface area contributed by atoms with Crippen LogP contribution in [-0.2, 0) is 0 Å². The van der Waals surface area contributed by atoms with E-state index in [-0.39, 0.29) is 16.8 Å². The normalized spacial score (nSPS) is 13.4. The zero-order valence-corrected chi connectivity index (χ0v) is 16.5. The van der Waals surface area contributed by atoms with E-state index in [1.165, 1.54) is 29.5 Å². The molecule has 2 heterocycles. The van der Waals surface area contributed by atoms with Crippen LogP contribution in [-0.4, -0.2) is 27.5 Å². The maximum atomic E-state index is 12.8. The molecule has 0 saturated heterocycles. The summed E-state index contributed by atoms with van der Waals surface area (Å²) in [5, 5.41) is 11.3. The fourth-order valence-electron chi connectivity index (χ4n) is 3.05. The summed E-state index contributed by atoms with van der Waals surface area (Å²) in [6.07, 6.45) is 2.23. The summed E-state index contributed by atoms with van der Waals surface area (Å²) < 4.78 is 1.81. The topological polar surface area (TPSA) is 93.4 Å². The van der Waals surface area contributed by atoms with Gasteiger partial charge >= 0.3 is 0 Å². The molecule has 0 fully saturated rings. The lowest BCUT2D eigenvalue weighted by atomic mass is 10.1. The van der Waals surface area contributed by atoms with Crippen LogP contribution in [0.1, 0.15) is 40.5 Å². The highest BCUT2D eigenvalue weighted by molar-refractivity contribution is 8.01. The first-order valence-corrected chi connectivity index (χ1v) is 10.5. The number of rotatable bonds is 6. The first kappa shape index (κ1) is 18.6. The first-order chi connectivity index (χ1) is 13.5. The number of hydrogen-bond acceptors (Lipinski definition) is 7. The maximum Gasteiger partial charge on any atom is 0.283 e. The Kier molecular flexibility index (Phi) is 4.86. The Hall–Kier alpha value is -2.78. The summed E-state index contributed by atoms with van der Waals surface area (Å²) >= 11 is 3.20. The molecular formula is C19H15N3O4S2. The molecule has 0 radical (unpaired) electrons. The quantitative estimate of drug-likeness (QED) is 0.188. The van der Waals surface area contributed by atoms with Gasteiger partial charge in [0.25, 0.3) is 17.5 Å². The van der Waals surface area contributed by atoms with Crippen molar-refractivity contribution in [3.8, 4) is 0 Å². The van der Waals surface area contributed by atoms with Gasteiger partial charge in [0.1, 0.15) is 5.56 Å². The number of fused-ring (bicyclic) bond motifs is 2. The second-order valence-corrected chi connectivity index (χ2v) is 8.61. The van der Waals surface area contributed by atoms with Crippen molar-refractivity contribution in [2.75, 3.05) is 10.7 Å². The molecule has 1 aromatic heterocycles. The van der Waals surface area contributed by atoms with Gasteiger partial charge in [-0.1, -0.05) is 31.2 Å². The fraction of sp³-hybridized carbons (Fsp3) is 0.211. The summed E-state index contributed by atoms with van der Waals surface area (Å²) in [4.78, 5) is 41.8. The zero-order valence-electron chi connectivity index (χ0n) is 14.9. The van der Waals surface area contributed by atoms with Crippen LogP contribution in [0.4, 0.5) is 11.4 Å². The minimum Gasteiger partial charge on any atom is -0.268 e. The molecule has 7 nitrogen and oxygen atoms in total. The Balaban J connectivity index is 1.70. The number of nitro benzene ring substituents is 1. The third-order valence-electron chi connectivity index (χ3n) is 4.42. The van der Waals surface area contributed by atoms with Crippen molar-refractivity contribution in [2.45, 2.75) is 24.1 Å². The smallest absolute Gasteiger partial charge is 0.268 e. The van der Waals surface area contributed by atoms with Gasteiger partial charge in [0.05, 0.1) is 26.4 Å². The lowest BCUT2D eigenvalue weighted by Gasteiger charge is -2.13. The molecule has 9 heteroatoms. The minimum atomic E-state index is -0.672. The van der Waals surface area contributed by atoms with Gasteiger partial charge in [-0.15, -0.1) is 11.3 Å². The highest BCUT2D eigenvalue weighted by Crippen LogP contribution is 2.37. The van der Waals surface area contributed by atoms with Gasteiger partial charge in [-0.25, -0.2) is 9.88 Å². The number of thiazole rings is 1. The average molecular weight is 413 g/mol. The molecule has 0 spiro atoms. The van der Waals surface area contributed by atoms with Crippen LogP contribution in [0.15, 0.2) is 40.7 Å². The molecule has 0 N–H and O–H groups in total. The van der Waals surface area contributed by atoms with Crippen molar-refractivity contribution < 1.29 is 14.5 Å². The number of imide groups is 1. The van der Waals surface area contributed by atoms with Gasteiger partial charge < -0.3 is 0 Å². The van der Waals surface area contributed by atoms with Gasteiger partial charge in [-0.3, -0.25) is 19.7 Å². The molecule has 1 aliphatic rings. The molecule has 0 saturated carbocycles. The van der Waals surface area contributed by atoms with E-state index in [1.54, 1.807) is 30.0 Å². The van der Waals surface area contributed by atoms with E-state index in [1.807, 2.05) is 0 Å². The van der Waals surface area contributed by atoms with E-state index in [9.17, 15) is 19.7 Å². The van der Waals surface area contributed by atoms with Crippen molar-refractivity contribution in [2.24, 2.45) is 0 Å². The van der Waals surface area contributed by atoms with Crippen molar-refractivity contribution in [3.63, 3.8) is 0 Å². The predicted octanol–water partition coefficient (Wildman–Crippen LogP) is 4.90. The van der Waals surface area contributed by atoms with Gasteiger partial charge in [0.15, 0.2) is 4.34 Å². The number of thioether (sulfide) groups is 1. The Morgan fingerprint density at radius 2 is 2.04 bits per heavy atom. The monoisotopic (exact) mass is 413 g/mol. The summed E-state index contributed by atoms with van der Waals surface area (Å²) in [6.45, 7) is 2.14. The van der Waals surface area contributed by atoms with E-state index in [0.717, 1.165) is 38.1 Å². The van der Waals surface area contributed by atoms with Crippen LogP contribution in [0.25, 0.3) is 10.2 Å². The number of carbonyl (C=O) groups excluding carboxylic acids is 2. The fourth-order valence-corrected chi connectivity index (χ4v) is 5.31. The van der Waals surface area contributed by atoms with Crippen LogP contribution in [0.5, 0.6) is 0 Å². The second-order valence-electron chi connectivity index (χ2n) is 6.24. The Morgan fingerprint density at radius 3 is 2.79 bits per heavy atom. The van der Waals surface area contributed by atoms with Crippen LogP contribution in [0.3, 0.4) is 0 Å². The number of hydrogen-bond donors (Lipinski definition) is 0. The Labute approximate surface area is 168 Å². The third-order valence-corrected chi connectivity index (χ3v) is 6.67. The second kappa shape index (κ2) is 7.33. The molecule has 0 unspecified atom stereocenters. The third kappa shape index (κ3) is 3.06. The van der Waals surface area contributed by atoms with E-state index in [2.05, 4.69) is 11.9 Å². The number of benzene rings is 2. The van der Waals surface area contributed by atoms with Gasteiger partial charge in [-0.05, 0) is 30.7 Å². The zero-order chi connectivity index (χ0) is 19.8. The van der Waals surface area contributed by atoms with Crippen molar-refractivity contribution in [1.82, 2.24) is 4.98 Å². The van der Waals surface area contributed by atoms with Crippen LogP contribution in [0.2, 0.25) is 0 Å². The molecule has 142 valence electrons. The Bertz CT molecular complexity index is 1130. The van der Waals surface area contributed by atoms with Crippen molar-refractivity contribution >= 4 is 56.5 Å². The number of nitro groups is 1. The number of unbranched alkanes of at least 4 members (excludes halogenated alkanes) is 1. The highest BCUT2D eigenvalue weighted by atomic mass is 32.2. The summed E-state index contributed by atoms with van der Waals surface area (Å²) in [5.74, 6) is -0.232. The number of nitrogens with zero attached hydrogens (tertiary/aromatic N) is 3. The first-order valence-electron chi connectivity index (χ1n) is 8.71. The highest BCUT2D eigenvalue weighted by Gasteiger charge is 2.41. The molecule has 1 aliphatic heterocycles. The van der Waals surface area contributed by atoms with Gasteiger partial charge in [0, 0.05) is 11.8 Å². The lowest BCUT2D eigenvalue weighted by molar-refractivity contribution is -0.385. The molecule has 0 atom stereocenters. The van der Waals surface area contributed by atoms with E-state index < -0.39 is 16.7 Å². The van der Waals surface area contributed by atoms with Crippen LogP contribution in [0, 0.1) is 10.1 Å². The van der Waals surface area contributed by atoms with E-state index in [4.69, 9.17) is 0 Å². The van der Waals surface area contributed by atoms with Crippen LogP contribution >= 0.6 is 23.1 Å².